The van der Waals surface area contributed by atoms with Crippen LogP contribution in [-0.2, 0) is 21.2 Å². The molecule has 3 aromatic rings. The van der Waals surface area contributed by atoms with E-state index in [0.29, 0.717) is 37.4 Å². The number of hydrogen-bond donors (Lipinski definition) is 2. The van der Waals surface area contributed by atoms with Crippen molar-refractivity contribution in [1.29, 1.82) is 0 Å². The Morgan fingerprint density at radius 2 is 1.61 bits per heavy atom. The monoisotopic (exact) mass is 466 g/mol. The summed E-state index contributed by atoms with van der Waals surface area (Å²) in [4.78, 5) is 12.5. The maximum absolute atomic E-state index is 12.6. The van der Waals surface area contributed by atoms with E-state index in [1.165, 1.54) is 5.56 Å². The van der Waals surface area contributed by atoms with Crippen LogP contribution in [-0.4, -0.2) is 34.1 Å². The second-order valence-electron chi connectivity index (χ2n) is 7.89. The van der Waals surface area contributed by atoms with E-state index in [-0.39, 0.29) is 10.8 Å². The smallest absolute Gasteiger partial charge is 0.261 e. The number of hydrogen-bond acceptors (Lipinski definition) is 4. The summed E-state index contributed by atoms with van der Waals surface area (Å²) in [6.07, 6.45) is 1.58. The summed E-state index contributed by atoms with van der Waals surface area (Å²) < 4.78 is 33.4. The van der Waals surface area contributed by atoms with E-state index in [1.807, 2.05) is 32.0 Å². The first kappa shape index (κ1) is 24.5. The molecule has 0 saturated heterocycles. The molecule has 3 aromatic carbocycles. The summed E-state index contributed by atoms with van der Waals surface area (Å²) in [7, 11) is -3.69. The lowest BCUT2D eigenvalue weighted by molar-refractivity contribution is 0.0942. The molecule has 0 fully saturated rings. The van der Waals surface area contributed by atoms with Gasteiger partial charge >= 0.3 is 0 Å². The number of benzene rings is 3. The van der Waals surface area contributed by atoms with Crippen LogP contribution in [0.5, 0.6) is 0 Å². The highest BCUT2D eigenvalue weighted by Gasteiger charge is 2.15. The van der Waals surface area contributed by atoms with Crippen LogP contribution in [0.15, 0.2) is 77.7 Å². The van der Waals surface area contributed by atoms with Crippen LogP contribution in [0.2, 0.25) is 0 Å². The lowest BCUT2D eigenvalue weighted by Crippen LogP contribution is -2.25. The first-order valence-corrected chi connectivity index (χ1v) is 12.4. The number of rotatable bonds is 11. The van der Waals surface area contributed by atoms with Crippen molar-refractivity contribution in [2.45, 2.75) is 31.6 Å². The second-order valence-corrected chi connectivity index (χ2v) is 9.57. The molecule has 0 atom stereocenters. The summed E-state index contributed by atoms with van der Waals surface area (Å²) in [5.41, 5.74) is 4.05. The lowest BCUT2D eigenvalue weighted by Gasteiger charge is -2.11. The largest absolute Gasteiger partial charge is 0.381 e. The number of anilines is 1. The predicted octanol–water partition coefficient (Wildman–Crippen LogP) is 4.48. The molecule has 7 heteroatoms. The molecule has 0 aliphatic carbocycles. The average Bonchev–Trinajstić information content (AvgIpc) is 2.81. The fourth-order valence-electron chi connectivity index (χ4n) is 3.20. The highest BCUT2D eigenvalue weighted by Crippen LogP contribution is 2.19. The van der Waals surface area contributed by atoms with Crippen LogP contribution in [0.4, 0.5) is 5.69 Å². The predicted molar refractivity (Wildman–Crippen MR) is 131 cm³/mol. The number of ether oxygens (including phenoxy) is 1. The molecular weight excluding hydrogens is 436 g/mol. The number of aryl methyl sites for hydroxylation is 2. The molecule has 0 aliphatic heterocycles. The molecule has 0 saturated carbocycles. The van der Waals surface area contributed by atoms with Gasteiger partial charge in [-0.05, 0) is 79.8 Å². The Bertz CT molecular complexity index is 1160. The molecule has 2 N–H and O–H groups in total. The van der Waals surface area contributed by atoms with E-state index < -0.39 is 10.0 Å². The summed E-state index contributed by atoms with van der Waals surface area (Å²) >= 11 is 0. The molecule has 0 heterocycles. The fourth-order valence-corrected chi connectivity index (χ4v) is 4.34. The van der Waals surface area contributed by atoms with Crippen LogP contribution >= 0.6 is 0 Å². The van der Waals surface area contributed by atoms with Crippen molar-refractivity contribution in [3.8, 4) is 0 Å². The molecule has 174 valence electrons. The maximum atomic E-state index is 12.6. The van der Waals surface area contributed by atoms with Crippen molar-refractivity contribution in [2.24, 2.45) is 0 Å². The highest BCUT2D eigenvalue weighted by atomic mass is 32.2. The van der Waals surface area contributed by atoms with Gasteiger partial charge < -0.3 is 10.1 Å². The third kappa shape index (κ3) is 7.44. The van der Waals surface area contributed by atoms with Gasteiger partial charge in [0.2, 0.25) is 0 Å². The zero-order valence-corrected chi connectivity index (χ0v) is 19.8. The summed E-state index contributed by atoms with van der Waals surface area (Å²) in [6, 6.07) is 21.5. The average molecular weight is 467 g/mol. The number of sulfonamides is 1. The minimum absolute atomic E-state index is 0.206. The lowest BCUT2D eigenvalue weighted by atomic mass is 10.1. The SMILES string of the molecule is Cc1ccc(S(=O)(=O)Nc2ccc(C(=O)NCCCOCCc3ccccc3)cc2)cc1C. The Balaban J connectivity index is 1.40. The van der Waals surface area contributed by atoms with E-state index in [9.17, 15) is 13.2 Å². The van der Waals surface area contributed by atoms with Gasteiger partial charge in [0.25, 0.3) is 15.9 Å². The van der Waals surface area contributed by atoms with Gasteiger partial charge in [0, 0.05) is 24.4 Å². The number of carbonyl (C=O) groups is 1. The van der Waals surface area contributed by atoms with E-state index in [1.54, 1.807) is 42.5 Å². The van der Waals surface area contributed by atoms with E-state index in [0.717, 1.165) is 17.5 Å². The Hall–Kier alpha value is -3.16. The van der Waals surface area contributed by atoms with Crippen molar-refractivity contribution in [2.75, 3.05) is 24.5 Å². The second kappa shape index (κ2) is 11.6. The van der Waals surface area contributed by atoms with Gasteiger partial charge in [-0.3, -0.25) is 9.52 Å². The molecule has 0 aliphatic rings. The van der Waals surface area contributed by atoms with Crippen molar-refractivity contribution in [3.05, 3.63) is 95.1 Å². The molecule has 3 rings (SSSR count). The number of nitrogens with one attached hydrogen (secondary N) is 2. The third-order valence-corrected chi connectivity index (χ3v) is 6.70. The van der Waals surface area contributed by atoms with Gasteiger partial charge in [-0.15, -0.1) is 0 Å². The Labute approximate surface area is 196 Å². The third-order valence-electron chi connectivity index (χ3n) is 5.32. The first-order valence-electron chi connectivity index (χ1n) is 11.0. The molecule has 0 aromatic heterocycles. The summed E-state index contributed by atoms with van der Waals surface area (Å²) in [5, 5.41) is 2.86. The van der Waals surface area contributed by atoms with Gasteiger partial charge in [0.15, 0.2) is 0 Å². The summed E-state index contributed by atoms with van der Waals surface area (Å²) in [5.74, 6) is -0.206. The van der Waals surface area contributed by atoms with Gasteiger partial charge in [0.1, 0.15) is 0 Å². The number of carbonyl (C=O) groups excluding carboxylic acids is 1. The highest BCUT2D eigenvalue weighted by molar-refractivity contribution is 7.92. The van der Waals surface area contributed by atoms with Crippen LogP contribution < -0.4 is 10.0 Å². The molecule has 0 radical (unpaired) electrons. The normalized spacial score (nSPS) is 11.2. The molecule has 1 amide bonds. The van der Waals surface area contributed by atoms with Gasteiger partial charge in [-0.2, -0.15) is 0 Å². The zero-order valence-electron chi connectivity index (χ0n) is 19.0. The van der Waals surface area contributed by atoms with E-state index in [2.05, 4.69) is 22.2 Å². The van der Waals surface area contributed by atoms with E-state index in [4.69, 9.17) is 4.74 Å². The van der Waals surface area contributed by atoms with Crippen LogP contribution in [0, 0.1) is 13.8 Å². The summed E-state index contributed by atoms with van der Waals surface area (Å²) in [6.45, 7) is 5.54. The van der Waals surface area contributed by atoms with Crippen molar-refractivity contribution >= 4 is 21.6 Å². The Morgan fingerprint density at radius 1 is 0.879 bits per heavy atom. The molecule has 0 unspecified atom stereocenters. The minimum Gasteiger partial charge on any atom is -0.381 e. The quantitative estimate of drug-likeness (QED) is 0.408. The molecule has 0 bridgehead atoms. The molecule has 6 nitrogen and oxygen atoms in total. The zero-order chi connectivity index (χ0) is 23.7. The Kier molecular flexibility index (Phi) is 8.63. The number of amides is 1. The minimum atomic E-state index is -3.69. The first-order chi connectivity index (χ1) is 15.8. The van der Waals surface area contributed by atoms with Crippen molar-refractivity contribution in [1.82, 2.24) is 5.32 Å². The molecule has 0 spiro atoms. The molecule has 33 heavy (non-hydrogen) atoms. The van der Waals surface area contributed by atoms with Gasteiger partial charge in [-0.1, -0.05) is 36.4 Å². The van der Waals surface area contributed by atoms with Crippen LogP contribution in [0.1, 0.15) is 33.5 Å². The standard InChI is InChI=1S/C26H30N2O4S/c1-20-9-14-25(19-21(20)2)33(30,31)28-24-12-10-23(11-13-24)26(29)27-16-6-17-32-18-15-22-7-4-3-5-8-22/h3-5,7-14,19,28H,6,15-18H2,1-2H3,(H,27,29). The Morgan fingerprint density at radius 3 is 2.30 bits per heavy atom. The van der Waals surface area contributed by atoms with Crippen LogP contribution in [0.25, 0.3) is 0 Å². The maximum Gasteiger partial charge on any atom is 0.261 e. The van der Waals surface area contributed by atoms with Gasteiger partial charge in [0.05, 0.1) is 11.5 Å². The topological polar surface area (TPSA) is 84.5 Å². The van der Waals surface area contributed by atoms with Crippen molar-refractivity contribution < 1.29 is 17.9 Å². The van der Waals surface area contributed by atoms with E-state index >= 15 is 0 Å². The fraction of sp³-hybridized carbons (Fsp3) is 0.269. The molecular formula is C26H30N2O4S. The van der Waals surface area contributed by atoms with Gasteiger partial charge in [-0.25, -0.2) is 8.42 Å². The van der Waals surface area contributed by atoms with Crippen LogP contribution in [0.3, 0.4) is 0 Å². The van der Waals surface area contributed by atoms with Crippen molar-refractivity contribution in [3.63, 3.8) is 0 Å².